The van der Waals surface area contributed by atoms with E-state index in [2.05, 4.69) is 5.11 Å². The molecule has 2 aromatic rings. The summed E-state index contributed by atoms with van der Waals surface area (Å²) in [6.07, 6.45) is -2.97. The van der Waals surface area contributed by atoms with Gasteiger partial charge in [0.05, 0.1) is 11.3 Å². The van der Waals surface area contributed by atoms with E-state index in [1.165, 1.54) is 31.2 Å². The fourth-order valence-corrected chi connectivity index (χ4v) is 2.52. The van der Waals surface area contributed by atoms with Crippen LogP contribution >= 0.6 is 0 Å². The molecule has 0 aliphatic heterocycles. The molecule has 25 heavy (non-hydrogen) atoms. The van der Waals surface area contributed by atoms with Crippen molar-refractivity contribution in [2.24, 2.45) is 5.13 Å². The van der Waals surface area contributed by atoms with Crippen molar-refractivity contribution in [2.45, 2.75) is 24.6 Å². The van der Waals surface area contributed by atoms with Gasteiger partial charge < -0.3 is 15.2 Å². The van der Waals surface area contributed by atoms with Gasteiger partial charge >= 0.3 is 5.97 Å². The molecule has 8 heteroatoms. The number of nitrogens with one attached hydrogen (secondary N) is 1. The lowest BCUT2D eigenvalue weighted by Crippen LogP contribution is -2.16. The summed E-state index contributed by atoms with van der Waals surface area (Å²) in [7, 11) is -4.99. The number of benzene rings is 2. The van der Waals surface area contributed by atoms with Gasteiger partial charge in [-0.05, 0) is 30.6 Å². The van der Waals surface area contributed by atoms with E-state index in [1.807, 2.05) is 0 Å². The highest BCUT2D eigenvalue weighted by Crippen LogP contribution is 2.37. The molecule has 7 nitrogen and oxygen atoms in total. The predicted octanol–water partition coefficient (Wildman–Crippen LogP) is 3.04. The Bertz CT molecular complexity index is 1120. The van der Waals surface area contributed by atoms with Crippen LogP contribution in [-0.2, 0) is 10.0 Å². The van der Waals surface area contributed by atoms with Crippen LogP contribution in [0.15, 0.2) is 47.4 Å². The number of carboxylic acid groups (broad SMARTS) is 1. The molecule has 2 rings (SSSR count). The van der Waals surface area contributed by atoms with Crippen molar-refractivity contribution in [1.29, 1.82) is 1.43 Å². The molecule has 0 spiro atoms. The van der Waals surface area contributed by atoms with Gasteiger partial charge in [0.2, 0.25) is 10.0 Å². The van der Waals surface area contributed by atoms with Crippen LogP contribution in [0.3, 0.4) is 0 Å². The van der Waals surface area contributed by atoms with Crippen molar-refractivity contribution >= 4 is 21.7 Å². The van der Waals surface area contributed by atoms with Crippen molar-refractivity contribution in [2.75, 3.05) is 11.8 Å². The number of hydrogen-bond acceptors (Lipinski definition) is 6. The monoisotopic (exact) mass is 372 g/mol. The van der Waals surface area contributed by atoms with Gasteiger partial charge in [-0.1, -0.05) is 31.5 Å². The van der Waals surface area contributed by atoms with Gasteiger partial charge in [0.1, 0.15) is 13.5 Å². The topological polar surface area (TPSA) is 119 Å². The first-order chi connectivity index (χ1) is 15.2. The van der Waals surface area contributed by atoms with Gasteiger partial charge in [-0.15, -0.1) is 0 Å². The summed E-state index contributed by atoms with van der Waals surface area (Å²) in [5.41, 5.74) is -1.35. The molecule has 0 aromatic heterocycles. The van der Waals surface area contributed by atoms with Crippen LogP contribution in [0, 0.1) is 0 Å². The molecular weight excluding hydrogens is 344 g/mol. The Labute approximate surface area is 158 Å². The third-order valence-corrected chi connectivity index (χ3v) is 3.80. The van der Waals surface area contributed by atoms with Crippen molar-refractivity contribution in [3.05, 3.63) is 48.0 Å². The summed E-state index contributed by atoms with van der Waals surface area (Å²) in [5.74, 6) is -2.09. The maximum atomic E-state index is 12.7. The Morgan fingerprint density at radius 1 is 1.44 bits per heavy atom. The summed E-state index contributed by atoms with van der Waals surface area (Å²) in [6.45, 7) is -1.72. The second-order valence-corrected chi connectivity index (χ2v) is 6.14. The van der Waals surface area contributed by atoms with Crippen LogP contribution in [0.1, 0.15) is 35.6 Å². The van der Waals surface area contributed by atoms with E-state index < -0.39 is 55.9 Å². The fraction of sp³-hybridized carbons (Fsp3) is 0.235. The van der Waals surface area contributed by atoms with E-state index in [0.717, 1.165) is 6.07 Å². The molecule has 0 aliphatic carbocycles. The largest absolute Gasteiger partial charge is 0.478 e. The van der Waals surface area contributed by atoms with Crippen LogP contribution in [0.2, 0.25) is 4.24 Å². The minimum Gasteiger partial charge on any atom is -0.478 e. The van der Waals surface area contributed by atoms with Gasteiger partial charge in [0.15, 0.2) is 7.16 Å². The normalized spacial score (nSPS) is 16.9. The Hall–Kier alpha value is -2.58. The third kappa shape index (κ3) is 4.94. The van der Waals surface area contributed by atoms with E-state index in [1.54, 1.807) is 6.07 Å². The number of rotatable bonds is 9. The Kier molecular flexibility index (Phi) is 3.33. The van der Waals surface area contributed by atoms with Crippen LogP contribution in [0.5, 0.6) is 11.5 Å². The van der Waals surface area contributed by atoms with Crippen molar-refractivity contribution in [1.82, 2.24) is 0 Å². The van der Waals surface area contributed by atoms with Crippen LogP contribution in [-0.4, -0.2) is 26.0 Å². The summed E-state index contributed by atoms with van der Waals surface area (Å²) >= 11 is 0. The number of anilines is 1. The Morgan fingerprint density at radius 3 is 2.84 bits per heavy atom. The molecule has 2 aromatic carbocycles. The Morgan fingerprint density at radius 2 is 2.20 bits per heavy atom. The van der Waals surface area contributed by atoms with Gasteiger partial charge in [-0.3, -0.25) is 0 Å². The second kappa shape index (κ2) is 8.00. The van der Waals surface area contributed by atoms with Gasteiger partial charge in [0, 0.05) is 12.0 Å². The number of nitrogens with two attached hydrogens (primary N) is 1. The number of carbonyl (C=O) groups is 1. The van der Waals surface area contributed by atoms with Crippen molar-refractivity contribution in [3.63, 3.8) is 0 Å². The van der Waals surface area contributed by atoms with Gasteiger partial charge in [-0.25, -0.2) is 18.3 Å². The molecule has 0 unspecified atom stereocenters. The summed E-state index contributed by atoms with van der Waals surface area (Å²) in [5, 5.41) is 3.19. The predicted molar refractivity (Wildman–Crippen MR) is 94.7 cm³/mol. The lowest BCUT2D eigenvalue weighted by Gasteiger charge is -2.17. The number of sulfonamides is 1. The van der Waals surface area contributed by atoms with Crippen molar-refractivity contribution < 1.29 is 32.8 Å². The molecule has 0 saturated carbocycles. The fourth-order valence-electron chi connectivity index (χ4n) is 1.87. The molecule has 134 valence electrons. The number of ether oxygens (including phenoxy) is 1. The Balaban J connectivity index is 2.94. The number of carboxylic acids is 1. The highest BCUT2D eigenvalue weighted by Gasteiger charge is 2.23. The first kappa shape index (κ1) is 10.4. The molecular formula is C17H20N2O5S. The number of primary sulfonamides is 1. The summed E-state index contributed by atoms with van der Waals surface area (Å²) in [6, 6.07) is 8.94. The minimum atomic E-state index is -4.99. The minimum absolute atomic E-state index is 0.00670. The van der Waals surface area contributed by atoms with Gasteiger partial charge in [0.25, 0.3) is 1.43 Å². The highest BCUT2D eigenvalue weighted by atomic mass is 32.2. The highest BCUT2D eigenvalue weighted by molar-refractivity contribution is 7.89. The molecule has 0 amide bonds. The molecule has 0 bridgehead atoms. The van der Waals surface area contributed by atoms with E-state index in [0.29, 0.717) is 6.07 Å². The van der Waals surface area contributed by atoms with Crippen molar-refractivity contribution in [3.8, 4) is 11.5 Å². The quantitative estimate of drug-likeness (QED) is 0.622. The second-order valence-electron chi connectivity index (χ2n) is 4.75. The average Bonchev–Trinajstić information content (AvgIpc) is 2.78. The molecule has 0 radical (unpaired) electrons. The molecule has 0 saturated heterocycles. The summed E-state index contributed by atoms with van der Waals surface area (Å²) < 4.78 is 92.9. The van der Waals surface area contributed by atoms with E-state index >= 15 is 0 Å². The standard InChI is InChI=1S/C17H20N2O5S/c1-2-3-9-19-14-10-12(17(20)21)11-15(25(18,22)23)16(14)24-13-7-5-4-6-8-13/h4-8,10-11,19H,2-3,9H2,1H3,(H,20,21)(H2,18,22,23)/i3D2,9D2/hD4. The van der Waals surface area contributed by atoms with E-state index in [9.17, 15) is 13.2 Å². The summed E-state index contributed by atoms with van der Waals surface area (Å²) in [4.78, 5) is 11.0. The maximum Gasteiger partial charge on any atom is 0.335 e. The zero-order chi connectivity index (χ0) is 25.2. The number of aromatic carboxylic acids is 1. The molecule has 0 aliphatic rings. The lowest BCUT2D eigenvalue weighted by molar-refractivity contribution is 0.0696. The zero-order valence-electron chi connectivity index (χ0n) is 21.1. The van der Waals surface area contributed by atoms with Crippen LogP contribution in [0.4, 0.5) is 5.69 Å². The number of hydrogen-bond donors (Lipinski definition) is 3. The third-order valence-electron chi connectivity index (χ3n) is 2.94. The maximum absolute atomic E-state index is 12.7. The molecule has 0 fully saturated rings. The molecule has 4 N–H and O–H groups in total. The molecule has 0 heterocycles. The first-order valence-electron chi connectivity index (χ1n) is 10.9. The zero-order valence-corrected chi connectivity index (χ0v) is 13.9. The van der Waals surface area contributed by atoms with Crippen LogP contribution in [0.25, 0.3) is 1.43 Å². The van der Waals surface area contributed by atoms with E-state index in [-0.39, 0.29) is 17.5 Å². The SMILES string of the molecule is [2H]OC(=O)c1cc(N([2H])C([2H])([2H])C([2H])([2H])CC)c(Oc2ccccc2)c(S(=O)(=O)N([2H])[2H])c1. The lowest BCUT2D eigenvalue weighted by atomic mass is 10.1. The average molecular weight is 372 g/mol. The first-order valence-corrected chi connectivity index (χ1v) is 8.55. The molecule has 0 atom stereocenters. The number of para-hydroxylation sites is 1. The van der Waals surface area contributed by atoms with Crippen LogP contribution < -0.4 is 15.2 Å². The van der Waals surface area contributed by atoms with E-state index in [4.69, 9.17) is 15.9 Å². The van der Waals surface area contributed by atoms with Gasteiger partial charge in [-0.2, -0.15) is 0 Å². The smallest absolute Gasteiger partial charge is 0.335 e.